The third-order valence-corrected chi connectivity index (χ3v) is 6.46. The van der Waals surface area contributed by atoms with E-state index < -0.39 is 7.60 Å². The predicted octanol–water partition coefficient (Wildman–Crippen LogP) is 5.52. The molecule has 1 aliphatic rings. The van der Waals surface area contributed by atoms with E-state index >= 15 is 0 Å². The monoisotopic (exact) mass is 426 g/mol. The van der Waals surface area contributed by atoms with Crippen LogP contribution in [0.4, 0.5) is 0 Å². The minimum Gasteiger partial charge on any atom is -0.425 e. The maximum atomic E-state index is 13.0. The van der Waals surface area contributed by atoms with E-state index in [2.05, 4.69) is 29.5 Å². The van der Waals surface area contributed by atoms with E-state index in [1.165, 1.54) is 0 Å². The molecular weight excluding hydrogens is 409 g/mol. The van der Waals surface area contributed by atoms with Crippen LogP contribution in [0.1, 0.15) is 38.7 Å². The fourth-order valence-electron chi connectivity index (χ4n) is 2.06. The molecule has 0 fully saturated rings. The number of unbranched alkanes of at least 4 members (excludes halogenated alkanes) is 1. The van der Waals surface area contributed by atoms with Gasteiger partial charge in [-0.3, -0.25) is 4.52 Å². The van der Waals surface area contributed by atoms with Gasteiger partial charge >= 0.3 is 7.60 Å². The van der Waals surface area contributed by atoms with Crippen LogP contribution >= 0.6 is 41.8 Å². The fraction of sp³-hybridized carbons (Fsp3) is 0.429. The van der Waals surface area contributed by atoms with Crippen LogP contribution in [0.15, 0.2) is 24.0 Å². The van der Waals surface area contributed by atoms with Crippen LogP contribution in [-0.4, -0.2) is 6.61 Å². The summed E-state index contributed by atoms with van der Waals surface area (Å²) in [7, 11) is -3.31. The van der Waals surface area contributed by atoms with Crippen molar-refractivity contribution in [1.82, 2.24) is 0 Å². The van der Waals surface area contributed by atoms with Gasteiger partial charge in [0, 0.05) is 17.0 Å². The lowest BCUT2D eigenvalue weighted by Crippen LogP contribution is -2.19. The van der Waals surface area contributed by atoms with Crippen LogP contribution in [0.2, 0.25) is 5.02 Å². The van der Waals surface area contributed by atoms with Crippen LogP contribution in [0, 0.1) is 0 Å². The van der Waals surface area contributed by atoms with Crippen molar-refractivity contribution in [2.24, 2.45) is 0 Å². The summed E-state index contributed by atoms with van der Waals surface area (Å²) < 4.78 is 25.2. The highest BCUT2D eigenvalue weighted by Crippen LogP contribution is 2.56. The summed E-state index contributed by atoms with van der Waals surface area (Å²) >= 11 is 8.26. The van der Waals surface area contributed by atoms with Crippen molar-refractivity contribution < 1.29 is 13.6 Å². The zero-order valence-electron chi connectivity index (χ0n) is 11.5. The van der Waals surface area contributed by atoms with E-state index in [4.69, 9.17) is 20.6 Å². The molecule has 20 heavy (non-hydrogen) atoms. The second-order valence-electron chi connectivity index (χ2n) is 4.51. The zero-order valence-corrected chi connectivity index (χ0v) is 15.3. The SMILES string of the molecule is CCCCC1=C(I)c2ccc(Cl)cc2P(=O)(OCC)O1. The summed E-state index contributed by atoms with van der Waals surface area (Å²) in [4.78, 5) is 0. The van der Waals surface area contributed by atoms with Crippen LogP contribution in [0.3, 0.4) is 0 Å². The molecule has 1 atom stereocenters. The molecule has 0 saturated carbocycles. The highest BCUT2D eigenvalue weighted by Gasteiger charge is 2.38. The first-order chi connectivity index (χ1) is 9.51. The van der Waals surface area contributed by atoms with E-state index in [9.17, 15) is 4.57 Å². The Hall–Kier alpha value is -0.0300. The van der Waals surface area contributed by atoms with Gasteiger partial charge < -0.3 is 4.52 Å². The van der Waals surface area contributed by atoms with Crippen LogP contribution < -0.4 is 5.30 Å². The van der Waals surface area contributed by atoms with Crippen molar-refractivity contribution in [3.63, 3.8) is 0 Å². The van der Waals surface area contributed by atoms with Crippen molar-refractivity contribution in [2.75, 3.05) is 6.61 Å². The number of hydrogen-bond acceptors (Lipinski definition) is 3. The molecule has 1 aromatic carbocycles. The molecule has 0 radical (unpaired) electrons. The molecule has 0 bridgehead atoms. The first-order valence-electron chi connectivity index (χ1n) is 6.65. The van der Waals surface area contributed by atoms with Gasteiger partial charge in [0.25, 0.3) is 0 Å². The minimum atomic E-state index is -3.31. The van der Waals surface area contributed by atoms with Crippen LogP contribution in [0.5, 0.6) is 0 Å². The molecule has 3 nitrogen and oxygen atoms in total. The van der Waals surface area contributed by atoms with Gasteiger partial charge in [-0.2, -0.15) is 0 Å². The van der Waals surface area contributed by atoms with E-state index in [0.29, 0.717) is 16.9 Å². The molecule has 110 valence electrons. The van der Waals surface area contributed by atoms with Gasteiger partial charge in [-0.15, -0.1) is 0 Å². The lowest BCUT2D eigenvalue weighted by molar-refractivity contribution is 0.254. The number of fused-ring (bicyclic) bond motifs is 1. The Morgan fingerprint density at radius 1 is 1.40 bits per heavy atom. The Kier molecular flexibility index (Phi) is 5.57. The second kappa shape index (κ2) is 6.82. The largest absolute Gasteiger partial charge is 0.425 e. The maximum Gasteiger partial charge on any atom is 0.411 e. The zero-order chi connectivity index (χ0) is 14.8. The van der Waals surface area contributed by atoms with E-state index in [1.54, 1.807) is 12.1 Å². The Bertz CT molecular complexity index is 586. The number of halogens is 2. The van der Waals surface area contributed by atoms with Gasteiger partial charge in [0.05, 0.1) is 15.5 Å². The summed E-state index contributed by atoms with van der Waals surface area (Å²) in [5.74, 6) is 0.763. The van der Waals surface area contributed by atoms with Gasteiger partial charge in [0.15, 0.2) is 0 Å². The molecule has 6 heteroatoms. The second-order valence-corrected chi connectivity index (χ2v) is 7.94. The Balaban J connectivity index is 2.53. The lowest BCUT2D eigenvalue weighted by atomic mass is 10.1. The van der Waals surface area contributed by atoms with Gasteiger partial charge in [0.2, 0.25) is 0 Å². The fourth-order valence-corrected chi connectivity index (χ4v) is 5.43. The molecule has 1 heterocycles. The van der Waals surface area contributed by atoms with E-state index in [0.717, 1.165) is 34.2 Å². The Labute approximate surface area is 138 Å². The van der Waals surface area contributed by atoms with Crippen molar-refractivity contribution in [1.29, 1.82) is 0 Å². The van der Waals surface area contributed by atoms with Crippen molar-refractivity contribution >= 4 is 50.7 Å². The molecule has 0 amide bonds. The average molecular weight is 427 g/mol. The van der Waals surface area contributed by atoms with Crippen LogP contribution in [0.25, 0.3) is 3.58 Å². The van der Waals surface area contributed by atoms with Gasteiger partial charge in [-0.05, 0) is 48.1 Å². The minimum absolute atomic E-state index is 0.334. The quantitative estimate of drug-likeness (QED) is 0.459. The molecule has 0 N–H and O–H groups in total. The first-order valence-corrected chi connectivity index (χ1v) is 9.65. The first kappa shape index (κ1) is 16.3. The normalized spacial score (nSPS) is 21.6. The molecule has 1 unspecified atom stereocenters. The summed E-state index contributed by atoms with van der Waals surface area (Å²) in [6.45, 7) is 4.26. The topological polar surface area (TPSA) is 35.5 Å². The third-order valence-electron chi connectivity index (χ3n) is 3.02. The highest BCUT2D eigenvalue weighted by molar-refractivity contribution is 14.1. The molecule has 0 aliphatic carbocycles. The van der Waals surface area contributed by atoms with Crippen molar-refractivity contribution in [3.05, 3.63) is 34.5 Å². The van der Waals surface area contributed by atoms with E-state index in [1.807, 2.05) is 13.0 Å². The van der Waals surface area contributed by atoms with Crippen molar-refractivity contribution in [2.45, 2.75) is 33.1 Å². The molecule has 1 aromatic rings. The smallest absolute Gasteiger partial charge is 0.411 e. The Morgan fingerprint density at radius 2 is 2.15 bits per heavy atom. The maximum absolute atomic E-state index is 13.0. The average Bonchev–Trinajstić information content (AvgIpc) is 2.42. The summed E-state index contributed by atoms with van der Waals surface area (Å²) in [5.41, 5.74) is 0.907. The summed E-state index contributed by atoms with van der Waals surface area (Å²) in [6, 6.07) is 5.38. The molecule has 0 saturated heterocycles. The predicted molar refractivity (Wildman–Crippen MR) is 91.9 cm³/mol. The molecule has 1 aliphatic heterocycles. The van der Waals surface area contributed by atoms with Gasteiger partial charge in [0.1, 0.15) is 5.76 Å². The number of benzene rings is 1. The highest BCUT2D eigenvalue weighted by atomic mass is 127. The summed E-state index contributed by atoms with van der Waals surface area (Å²) in [6.07, 6.45) is 2.83. The number of allylic oxidation sites excluding steroid dienone is 1. The number of rotatable bonds is 5. The Morgan fingerprint density at radius 3 is 2.80 bits per heavy atom. The van der Waals surface area contributed by atoms with E-state index in [-0.39, 0.29) is 0 Å². The van der Waals surface area contributed by atoms with Gasteiger partial charge in [-0.25, -0.2) is 4.57 Å². The molecule has 0 aromatic heterocycles. The summed E-state index contributed by atoms with van der Waals surface area (Å²) in [5, 5.41) is 1.10. The molecule has 2 rings (SSSR count). The van der Waals surface area contributed by atoms with Crippen molar-refractivity contribution in [3.8, 4) is 0 Å². The molecular formula is C14H17ClIO3P. The van der Waals surface area contributed by atoms with Gasteiger partial charge in [-0.1, -0.05) is 31.0 Å². The standard InChI is InChI=1S/C14H17ClIO3P/c1-3-5-6-12-14(16)11-8-7-10(15)9-13(11)20(17,19-12)18-4-2/h7-9H,3-6H2,1-2H3. The van der Waals surface area contributed by atoms with Crippen LogP contribution in [-0.2, 0) is 13.6 Å². The third kappa shape index (κ3) is 3.24. The lowest BCUT2D eigenvalue weighted by Gasteiger charge is -2.28. The number of hydrogen-bond donors (Lipinski definition) is 0. The molecule has 0 spiro atoms.